The van der Waals surface area contributed by atoms with Crippen molar-refractivity contribution in [3.05, 3.63) is 106 Å². The Kier molecular flexibility index (Phi) is 6.97. The number of hydrogen-bond acceptors (Lipinski definition) is 6. The zero-order valence-electron chi connectivity index (χ0n) is 19.7. The topological polar surface area (TPSA) is 81.1 Å². The second-order valence-electron chi connectivity index (χ2n) is 8.21. The molecule has 0 radical (unpaired) electrons. The number of nitrogens with one attached hydrogen (secondary N) is 2. The van der Waals surface area contributed by atoms with Crippen LogP contribution in [0.4, 0.5) is 11.6 Å². The summed E-state index contributed by atoms with van der Waals surface area (Å²) < 4.78 is 7.17. The van der Waals surface area contributed by atoms with Crippen LogP contribution >= 0.6 is 23.4 Å². The van der Waals surface area contributed by atoms with Crippen molar-refractivity contribution in [3.8, 4) is 5.75 Å². The molecule has 9 heteroatoms. The number of aromatic nitrogens is 3. The molecule has 2 N–H and O–H groups in total. The highest BCUT2D eigenvalue weighted by molar-refractivity contribution is 7.98. The van der Waals surface area contributed by atoms with Crippen LogP contribution in [-0.4, -0.2) is 27.8 Å². The lowest BCUT2D eigenvalue weighted by Gasteiger charge is -2.29. The number of carbonyl (C=O) groups excluding carboxylic acids is 1. The third-order valence-electron chi connectivity index (χ3n) is 5.81. The summed E-state index contributed by atoms with van der Waals surface area (Å²) in [5.74, 6) is 1.61. The van der Waals surface area contributed by atoms with Gasteiger partial charge < -0.3 is 15.4 Å². The Morgan fingerprint density at radius 2 is 1.89 bits per heavy atom. The summed E-state index contributed by atoms with van der Waals surface area (Å²) in [5, 5.41) is 12.2. The lowest BCUT2D eigenvalue weighted by molar-refractivity contribution is -0.113. The highest BCUT2D eigenvalue weighted by Gasteiger charge is 2.34. The summed E-state index contributed by atoms with van der Waals surface area (Å²) in [5.41, 5.74) is 3.80. The van der Waals surface area contributed by atoms with Gasteiger partial charge in [0.15, 0.2) is 0 Å². The van der Waals surface area contributed by atoms with Crippen molar-refractivity contribution < 1.29 is 9.53 Å². The molecule has 1 aliphatic heterocycles. The first-order chi connectivity index (χ1) is 17.5. The van der Waals surface area contributed by atoms with Crippen molar-refractivity contribution in [1.82, 2.24) is 14.8 Å². The number of hydrogen-bond donors (Lipinski definition) is 2. The Bertz CT molecular complexity index is 1440. The maximum atomic E-state index is 13.7. The highest BCUT2D eigenvalue weighted by Crippen LogP contribution is 2.38. The van der Waals surface area contributed by atoms with Crippen LogP contribution in [0, 0.1) is 0 Å². The van der Waals surface area contributed by atoms with Crippen molar-refractivity contribution in [1.29, 1.82) is 0 Å². The first-order valence-corrected chi connectivity index (χ1v) is 12.7. The summed E-state index contributed by atoms with van der Waals surface area (Å²) in [6, 6.07) is 24.4. The molecular weight excluding hydrogens is 494 g/mol. The lowest BCUT2D eigenvalue weighted by Crippen LogP contribution is -2.31. The third-order valence-corrected chi connectivity index (χ3v) is 6.95. The van der Waals surface area contributed by atoms with E-state index in [0.717, 1.165) is 11.3 Å². The Labute approximate surface area is 218 Å². The molecule has 0 aliphatic carbocycles. The molecule has 0 fully saturated rings. The Hall–Kier alpha value is -3.75. The monoisotopic (exact) mass is 517 g/mol. The molecule has 4 aromatic rings. The number of thioether (sulfide) groups is 1. The van der Waals surface area contributed by atoms with Gasteiger partial charge in [-0.25, -0.2) is 4.68 Å². The van der Waals surface area contributed by atoms with E-state index >= 15 is 0 Å². The largest absolute Gasteiger partial charge is 0.495 e. The van der Waals surface area contributed by atoms with E-state index in [1.54, 1.807) is 41.8 Å². The Morgan fingerprint density at radius 3 is 2.67 bits per heavy atom. The fourth-order valence-electron chi connectivity index (χ4n) is 4.13. The second kappa shape index (κ2) is 10.5. The molecule has 0 saturated heterocycles. The second-order valence-corrected chi connectivity index (χ2v) is 9.59. The third kappa shape index (κ3) is 4.96. The minimum Gasteiger partial charge on any atom is -0.495 e. The van der Waals surface area contributed by atoms with Gasteiger partial charge in [-0.2, -0.15) is 4.98 Å². The molecule has 1 aliphatic rings. The van der Waals surface area contributed by atoms with Crippen LogP contribution in [0.15, 0.2) is 95.3 Å². The Balaban J connectivity index is 1.51. The quantitative estimate of drug-likeness (QED) is 0.286. The zero-order valence-corrected chi connectivity index (χ0v) is 21.3. The van der Waals surface area contributed by atoms with E-state index < -0.39 is 6.04 Å². The van der Waals surface area contributed by atoms with E-state index in [-0.39, 0.29) is 5.91 Å². The minimum absolute atomic E-state index is 0.269. The van der Waals surface area contributed by atoms with Gasteiger partial charge in [-0.05, 0) is 42.3 Å². The summed E-state index contributed by atoms with van der Waals surface area (Å²) in [7, 11) is 1.57. The van der Waals surface area contributed by atoms with Gasteiger partial charge in [-0.3, -0.25) is 4.79 Å². The summed E-state index contributed by atoms with van der Waals surface area (Å²) in [4.78, 5) is 18.4. The van der Waals surface area contributed by atoms with Crippen LogP contribution in [0.2, 0.25) is 5.02 Å². The zero-order chi connectivity index (χ0) is 25.1. The molecule has 0 bridgehead atoms. The molecule has 0 spiro atoms. The number of para-hydroxylation sites is 2. The van der Waals surface area contributed by atoms with Gasteiger partial charge in [-0.1, -0.05) is 78.0 Å². The number of benzene rings is 3. The number of carbonyl (C=O) groups is 1. The molecule has 36 heavy (non-hydrogen) atoms. The number of amides is 1. The fourth-order valence-corrected chi connectivity index (χ4v) is 5.11. The molecular formula is C27H24ClN5O2S. The number of allylic oxidation sites excluding steroid dienone is 1. The van der Waals surface area contributed by atoms with Gasteiger partial charge in [0.25, 0.3) is 5.91 Å². The van der Waals surface area contributed by atoms with Crippen LogP contribution in [0.3, 0.4) is 0 Å². The van der Waals surface area contributed by atoms with Crippen LogP contribution in [-0.2, 0) is 10.5 Å². The van der Waals surface area contributed by atoms with Gasteiger partial charge in [-0.15, -0.1) is 5.10 Å². The normalized spacial score (nSPS) is 14.7. The number of ether oxygens (including phenoxy) is 1. The van der Waals surface area contributed by atoms with E-state index in [2.05, 4.69) is 22.8 Å². The van der Waals surface area contributed by atoms with E-state index in [1.165, 1.54) is 5.56 Å². The first kappa shape index (κ1) is 24.0. The minimum atomic E-state index is -0.520. The van der Waals surface area contributed by atoms with E-state index in [4.69, 9.17) is 26.4 Å². The summed E-state index contributed by atoms with van der Waals surface area (Å²) in [6.07, 6.45) is 0. The molecule has 2 heterocycles. The maximum absolute atomic E-state index is 13.7. The van der Waals surface area contributed by atoms with Crippen molar-refractivity contribution in [2.45, 2.75) is 23.9 Å². The van der Waals surface area contributed by atoms with Crippen molar-refractivity contribution >= 4 is 40.9 Å². The van der Waals surface area contributed by atoms with Crippen LogP contribution in [0.25, 0.3) is 0 Å². The van der Waals surface area contributed by atoms with E-state index in [0.29, 0.717) is 38.8 Å². The number of halogens is 1. The van der Waals surface area contributed by atoms with Crippen molar-refractivity contribution in [2.24, 2.45) is 0 Å². The standard InChI is InChI=1S/C27H24ClN5O2S/c1-17-23(25(34)30-21-13-6-7-14-22(21)35-2)24(19-11-8-12-20(28)15-19)33-26(29-17)31-27(32-33)36-16-18-9-4-3-5-10-18/h3-15,24H,16H2,1-2H3,(H,30,34)(H,29,31,32). The van der Waals surface area contributed by atoms with Gasteiger partial charge in [0.1, 0.15) is 11.8 Å². The van der Waals surface area contributed by atoms with Crippen molar-refractivity contribution in [2.75, 3.05) is 17.7 Å². The number of methoxy groups -OCH3 is 1. The highest BCUT2D eigenvalue weighted by atomic mass is 35.5. The molecule has 182 valence electrons. The molecule has 1 atom stereocenters. The van der Waals surface area contributed by atoms with E-state index in [9.17, 15) is 4.79 Å². The smallest absolute Gasteiger partial charge is 0.255 e. The fraction of sp³-hybridized carbons (Fsp3) is 0.148. The number of nitrogens with zero attached hydrogens (tertiary/aromatic N) is 3. The summed E-state index contributed by atoms with van der Waals surface area (Å²) >= 11 is 7.89. The molecule has 1 amide bonds. The average molecular weight is 518 g/mol. The average Bonchev–Trinajstić information content (AvgIpc) is 3.29. The molecule has 3 aromatic carbocycles. The predicted octanol–water partition coefficient (Wildman–Crippen LogP) is 6.16. The van der Waals surface area contributed by atoms with Gasteiger partial charge in [0, 0.05) is 16.5 Å². The predicted molar refractivity (Wildman–Crippen MR) is 144 cm³/mol. The van der Waals surface area contributed by atoms with Crippen LogP contribution in [0.5, 0.6) is 5.75 Å². The maximum Gasteiger partial charge on any atom is 0.255 e. The van der Waals surface area contributed by atoms with Crippen LogP contribution in [0.1, 0.15) is 24.1 Å². The lowest BCUT2D eigenvalue weighted by atomic mass is 9.95. The summed E-state index contributed by atoms with van der Waals surface area (Å²) in [6.45, 7) is 1.86. The van der Waals surface area contributed by atoms with E-state index in [1.807, 2.05) is 55.5 Å². The first-order valence-electron chi connectivity index (χ1n) is 11.3. The molecule has 0 saturated carbocycles. The molecule has 1 aromatic heterocycles. The molecule has 7 nitrogen and oxygen atoms in total. The molecule has 1 unspecified atom stereocenters. The number of fused-ring (bicyclic) bond motifs is 1. The Morgan fingerprint density at radius 1 is 1.11 bits per heavy atom. The number of anilines is 2. The SMILES string of the molecule is COc1ccccc1NC(=O)C1=C(C)Nc2nc(SCc3ccccc3)nn2C1c1cccc(Cl)c1. The van der Waals surface area contributed by atoms with Crippen molar-refractivity contribution in [3.63, 3.8) is 0 Å². The van der Waals surface area contributed by atoms with Crippen LogP contribution < -0.4 is 15.4 Å². The molecule has 5 rings (SSSR count). The van der Waals surface area contributed by atoms with Gasteiger partial charge in [0.05, 0.1) is 18.4 Å². The van der Waals surface area contributed by atoms with Gasteiger partial charge in [0.2, 0.25) is 11.1 Å². The van der Waals surface area contributed by atoms with Gasteiger partial charge >= 0.3 is 0 Å². The number of rotatable bonds is 7.